The van der Waals surface area contributed by atoms with Gasteiger partial charge in [0.25, 0.3) is 5.91 Å². The van der Waals surface area contributed by atoms with Crippen molar-refractivity contribution in [3.8, 4) is 51.4 Å². The Labute approximate surface area is 281 Å². The number of amides is 1. The number of nitrogens with zero attached hydrogens (tertiary/aromatic N) is 1. The van der Waals surface area contributed by atoms with Gasteiger partial charge in [0.1, 0.15) is 17.2 Å². The highest BCUT2D eigenvalue weighted by molar-refractivity contribution is 6.34. The van der Waals surface area contributed by atoms with Crippen LogP contribution >= 0.6 is 11.6 Å². The number of carbonyl (C=O) groups excluding carboxylic acids is 2. The van der Waals surface area contributed by atoms with E-state index in [2.05, 4.69) is 15.5 Å². The summed E-state index contributed by atoms with van der Waals surface area (Å²) in [7, 11) is 8.88. The monoisotopic (exact) mass is 673 g/mol. The van der Waals surface area contributed by atoms with E-state index >= 15 is 0 Å². The van der Waals surface area contributed by atoms with Gasteiger partial charge >= 0.3 is 5.97 Å². The maximum Gasteiger partial charge on any atom is 0.343 e. The number of H-pyrrole nitrogens is 1. The Morgan fingerprint density at radius 2 is 1.35 bits per heavy atom. The van der Waals surface area contributed by atoms with Crippen LogP contribution in [0, 0.1) is 0 Å². The molecule has 12 nitrogen and oxygen atoms in total. The van der Waals surface area contributed by atoms with Crippen molar-refractivity contribution in [2.24, 2.45) is 5.10 Å². The normalized spacial score (nSPS) is 10.9. The number of aromatic amines is 1. The molecule has 0 spiro atoms. The van der Waals surface area contributed by atoms with Gasteiger partial charge in [-0.25, -0.2) is 10.2 Å². The van der Waals surface area contributed by atoms with E-state index in [0.29, 0.717) is 61.4 Å². The van der Waals surface area contributed by atoms with E-state index < -0.39 is 11.9 Å². The van der Waals surface area contributed by atoms with Gasteiger partial charge in [-0.2, -0.15) is 5.10 Å². The fourth-order valence-corrected chi connectivity index (χ4v) is 5.35. The number of hydrazone groups is 1. The second-order valence-corrected chi connectivity index (χ2v) is 10.4. The van der Waals surface area contributed by atoms with Crippen molar-refractivity contribution in [1.29, 1.82) is 0 Å². The summed E-state index contributed by atoms with van der Waals surface area (Å²) in [5, 5.41) is 5.22. The van der Waals surface area contributed by atoms with Gasteiger partial charge < -0.3 is 38.1 Å². The number of carbonyl (C=O) groups is 2. The van der Waals surface area contributed by atoms with Crippen molar-refractivity contribution in [1.82, 2.24) is 10.4 Å². The summed E-state index contributed by atoms with van der Waals surface area (Å²) < 4.78 is 38.2. The van der Waals surface area contributed by atoms with Gasteiger partial charge in [0.2, 0.25) is 5.75 Å². The minimum Gasteiger partial charge on any atom is -0.496 e. The lowest BCUT2D eigenvalue weighted by Gasteiger charge is -2.14. The number of ether oxygens (including phenoxy) is 7. The maximum absolute atomic E-state index is 13.6. The number of esters is 1. The Kier molecular flexibility index (Phi) is 10.2. The fraction of sp³-hybridized carbons (Fsp3) is 0.171. The average molecular weight is 674 g/mol. The zero-order valence-electron chi connectivity index (χ0n) is 26.9. The molecule has 1 aromatic heterocycles. The first kappa shape index (κ1) is 33.5. The van der Waals surface area contributed by atoms with Crippen LogP contribution in [-0.2, 0) is 0 Å². The van der Waals surface area contributed by atoms with Gasteiger partial charge in [-0.15, -0.1) is 0 Å². The third kappa shape index (κ3) is 6.51. The summed E-state index contributed by atoms with van der Waals surface area (Å²) in [5.41, 5.74) is 5.18. The summed E-state index contributed by atoms with van der Waals surface area (Å²) in [6, 6.07) is 18.4. The van der Waals surface area contributed by atoms with Crippen molar-refractivity contribution in [3.63, 3.8) is 0 Å². The van der Waals surface area contributed by atoms with E-state index in [0.717, 1.165) is 0 Å². The molecule has 48 heavy (non-hydrogen) atoms. The van der Waals surface area contributed by atoms with Crippen molar-refractivity contribution in [2.75, 3.05) is 42.7 Å². The van der Waals surface area contributed by atoms with Crippen LogP contribution in [0.1, 0.15) is 26.4 Å². The van der Waals surface area contributed by atoms with Crippen LogP contribution in [0.2, 0.25) is 5.02 Å². The zero-order chi connectivity index (χ0) is 34.4. The quantitative estimate of drug-likeness (QED) is 0.0656. The highest BCUT2D eigenvalue weighted by atomic mass is 35.5. The molecule has 0 aliphatic carbocycles. The van der Waals surface area contributed by atoms with Gasteiger partial charge in [0.05, 0.1) is 65.3 Å². The molecule has 1 amide bonds. The van der Waals surface area contributed by atoms with Crippen molar-refractivity contribution >= 4 is 40.6 Å². The third-order valence-corrected chi connectivity index (χ3v) is 7.69. The molecular formula is C35H32ClN3O9. The second-order valence-electron chi connectivity index (χ2n) is 9.99. The molecule has 5 aromatic rings. The van der Waals surface area contributed by atoms with E-state index in [-0.39, 0.29) is 22.8 Å². The van der Waals surface area contributed by atoms with Crippen LogP contribution in [0.3, 0.4) is 0 Å². The van der Waals surface area contributed by atoms with Crippen LogP contribution in [0.25, 0.3) is 22.0 Å². The Bertz CT molecular complexity index is 2000. The topological polar surface area (TPSA) is 139 Å². The summed E-state index contributed by atoms with van der Waals surface area (Å²) in [4.78, 5) is 29.8. The molecule has 5 rings (SSSR count). The van der Waals surface area contributed by atoms with Gasteiger partial charge in [-0.1, -0.05) is 29.8 Å². The van der Waals surface area contributed by atoms with Crippen LogP contribution < -0.4 is 38.6 Å². The highest BCUT2D eigenvalue weighted by Crippen LogP contribution is 2.44. The molecule has 0 saturated heterocycles. The van der Waals surface area contributed by atoms with Gasteiger partial charge in [0.15, 0.2) is 23.0 Å². The summed E-state index contributed by atoms with van der Waals surface area (Å²) in [5.74, 6) is 1.17. The standard InChI is InChI=1S/C35H32ClN3O9/c1-42-24-13-14-25(43-2)31-30(24)29(21-9-7-8-10-22(21)36)32(38-31)34(40)39-37-18-19-11-12-23(26(15-19)44-3)48-35(41)20-16-27(45-4)33(47-6)28(17-20)46-5/h7-18,38H,1-6H3,(H,39,40). The Morgan fingerprint density at radius 1 is 0.729 bits per heavy atom. The number of halogens is 1. The molecule has 0 unspecified atom stereocenters. The molecule has 1 heterocycles. The van der Waals surface area contributed by atoms with Crippen LogP contribution in [0.4, 0.5) is 0 Å². The number of hydrogen-bond acceptors (Lipinski definition) is 10. The first-order valence-electron chi connectivity index (χ1n) is 14.3. The summed E-state index contributed by atoms with van der Waals surface area (Å²) in [6.07, 6.45) is 1.42. The van der Waals surface area contributed by atoms with E-state index in [4.69, 9.17) is 44.8 Å². The first-order chi connectivity index (χ1) is 23.3. The molecule has 13 heteroatoms. The van der Waals surface area contributed by atoms with E-state index in [1.54, 1.807) is 49.6 Å². The lowest BCUT2D eigenvalue weighted by atomic mass is 10.0. The fourth-order valence-electron chi connectivity index (χ4n) is 5.12. The van der Waals surface area contributed by atoms with Crippen LogP contribution in [-0.4, -0.2) is 65.7 Å². The summed E-state index contributed by atoms with van der Waals surface area (Å²) >= 11 is 6.59. The van der Waals surface area contributed by atoms with Crippen molar-refractivity contribution in [2.45, 2.75) is 0 Å². The molecule has 0 saturated carbocycles. The predicted octanol–water partition coefficient (Wildman–Crippen LogP) is 6.52. The largest absolute Gasteiger partial charge is 0.496 e. The number of nitrogens with one attached hydrogen (secondary N) is 2. The molecule has 0 aliphatic rings. The number of aromatic nitrogens is 1. The van der Waals surface area contributed by atoms with Crippen molar-refractivity contribution < 1.29 is 42.7 Å². The smallest absolute Gasteiger partial charge is 0.343 e. The Balaban J connectivity index is 1.40. The SMILES string of the molecule is COc1cc(C=NNC(=O)c2[nH]c3c(OC)ccc(OC)c3c2-c2ccccc2Cl)ccc1OC(=O)c1cc(OC)c(OC)c(OC)c1. The van der Waals surface area contributed by atoms with Crippen LogP contribution in [0.5, 0.6) is 40.2 Å². The first-order valence-corrected chi connectivity index (χ1v) is 14.7. The maximum atomic E-state index is 13.6. The summed E-state index contributed by atoms with van der Waals surface area (Å²) in [6.45, 7) is 0. The molecule has 4 aromatic carbocycles. The minimum atomic E-state index is -0.679. The molecule has 248 valence electrons. The molecule has 0 bridgehead atoms. The lowest BCUT2D eigenvalue weighted by Crippen LogP contribution is -2.19. The average Bonchev–Trinajstić information content (AvgIpc) is 3.52. The van der Waals surface area contributed by atoms with Gasteiger partial charge in [0, 0.05) is 16.1 Å². The van der Waals surface area contributed by atoms with Crippen molar-refractivity contribution in [3.05, 3.63) is 88.6 Å². The number of hydrogen-bond donors (Lipinski definition) is 2. The molecular weight excluding hydrogens is 642 g/mol. The van der Waals surface area contributed by atoms with Gasteiger partial charge in [-0.05, 0) is 54.1 Å². The molecule has 0 aliphatic heterocycles. The number of fused-ring (bicyclic) bond motifs is 1. The Hall–Kier alpha value is -5.88. The van der Waals surface area contributed by atoms with E-state index in [1.807, 2.05) is 12.1 Å². The molecule has 0 fully saturated rings. The minimum absolute atomic E-state index is 0.155. The highest BCUT2D eigenvalue weighted by Gasteiger charge is 2.25. The lowest BCUT2D eigenvalue weighted by molar-refractivity contribution is 0.0728. The molecule has 2 N–H and O–H groups in total. The third-order valence-electron chi connectivity index (χ3n) is 7.36. The Morgan fingerprint density at radius 3 is 1.98 bits per heavy atom. The second kappa shape index (κ2) is 14.7. The van der Waals surface area contributed by atoms with E-state index in [9.17, 15) is 9.59 Å². The zero-order valence-corrected chi connectivity index (χ0v) is 27.7. The predicted molar refractivity (Wildman–Crippen MR) is 181 cm³/mol. The van der Waals surface area contributed by atoms with Crippen LogP contribution in [0.15, 0.2) is 71.8 Å². The molecule has 0 atom stereocenters. The number of methoxy groups -OCH3 is 6. The number of rotatable bonds is 12. The number of benzene rings is 4. The van der Waals surface area contributed by atoms with Gasteiger partial charge in [-0.3, -0.25) is 4.79 Å². The molecule has 0 radical (unpaired) electrons. The van der Waals surface area contributed by atoms with E-state index in [1.165, 1.54) is 53.9 Å².